The molecule has 0 N–H and O–H groups in total. The fraction of sp³-hybridized carbons (Fsp3) is 0.375. The summed E-state index contributed by atoms with van der Waals surface area (Å²) in [6.45, 7) is 1.50. The minimum absolute atomic E-state index is 0.0304. The molecule has 0 saturated carbocycles. The van der Waals surface area contributed by atoms with E-state index in [1.54, 1.807) is 0 Å². The number of furan rings is 1. The summed E-state index contributed by atoms with van der Waals surface area (Å²) in [6.07, 6.45) is -3.70. The maximum atomic E-state index is 12.1. The molecule has 0 amide bonds. The van der Waals surface area contributed by atoms with Gasteiger partial charge in [-0.1, -0.05) is 6.92 Å². The van der Waals surface area contributed by atoms with Crippen molar-refractivity contribution in [3.63, 3.8) is 0 Å². The zero-order chi connectivity index (χ0) is 10.1. The molecule has 0 atom stereocenters. The molecule has 0 spiro atoms. The molecule has 0 aliphatic heterocycles. The Bertz CT molecular complexity index is 311. The van der Waals surface area contributed by atoms with E-state index in [2.05, 4.69) is 4.42 Å². The predicted molar refractivity (Wildman–Crippen MR) is 38.3 cm³/mol. The van der Waals surface area contributed by atoms with E-state index in [0.717, 1.165) is 12.3 Å². The first-order chi connectivity index (χ1) is 5.96. The third kappa shape index (κ3) is 1.91. The van der Waals surface area contributed by atoms with Gasteiger partial charge >= 0.3 is 6.18 Å². The first-order valence-corrected chi connectivity index (χ1v) is 3.64. The number of halogens is 3. The molecule has 0 aliphatic carbocycles. The smallest absolute Gasteiger partial charge is 0.450 e. The van der Waals surface area contributed by atoms with Gasteiger partial charge in [0, 0.05) is 6.42 Å². The van der Waals surface area contributed by atoms with Crippen LogP contribution in [0.5, 0.6) is 0 Å². The number of carbonyl (C=O) groups excluding carboxylic acids is 1. The van der Waals surface area contributed by atoms with Crippen molar-refractivity contribution in [1.29, 1.82) is 0 Å². The molecule has 0 unspecified atom stereocenters. The van der Waals surface area contributed by atoms with Crippen molar-refractivity contribution >= 4 is 5.78 Å². The molecule has 2 nitrogen and oxygen atoms in total. The lowest BCUT2D eigenvalue weighted by atomic mass is 10.1. The lowest BCUT2D eigenvalue weighted by molar-refractivity contribution is -0.153. The highest BCUT2D eigenvalue weighted by Crippen LogP contribution is 2.33. The second-order valence-corrected chi connectivity index (χ2v) is 2.44. The summed E-state index contributed by atoms with van der Waals surface area (Å²) in [5, 5.41) is 0. The molecule has 0 radical (unpaired) electrons. The molecular weight excluding hydrogens is 185 g/mol. The number of rotatable bonds is 2. The van der Waals surface area contributed by atoms with Crippen LogP contribution in [0.3, 0.4) is 0 Å². The van der Waals surface area contributed by atoms with Crippen LogP contribution in [-0.4, -0.2) is 5.78 Å². The Hall–Kier alpha value is -1.26. The van der Waals surface area contributed by atoms with E-state index in [0.29, 0.717) is 0 Å². The molecule has 0 saturated heterocycles. The van der Waals surface area contributed by atoms with Gasteiger partial charge in [-0.25, -0.2) is 0 Å². The minimum atomic E-state index is -4.59. The fourth-order valence-corrected chi connectivity index (χ4v) is 0.939. The van der Waals surface area contributed by atoms with Gasteiger partial charge in [0.25, 0.3) is 0 Å². The number of alkyl halides is 3. The number of carbonyl (C=O) groups is 1. The summed E-state index contributed by atoms with van der Waals surface area (Å²) in [6, 6.07) is 1.04. The second-order valence-electron chi connectivity index (χ2n) is 2.44. The number of hydrogen-bond acceptors (Lipinski definition) is 2. The summed E-state index contributed by atoms with van der Waals surface area (Å²) in [5.74, 6) is -1.78. The number of ketones is 1. The Morgan fingerprint density at radius 2 is 2.15 bits per heavy atom. The van der Waals surface area contributed by atoms with E-state index in [-0.39, 0.29) is 6.42 Å². The maximum Gasteiger partial charge on any atom is 0.450 e. The van der Waals surface area contributed by atoms with Crippen LogP contribution in [-0.2, 0) is 6.18 Å². The van der Waals surface area contributed by atoms with Gasteiger partial charge < -0.3 is 4.42 Å². The van der Waals surface area contributed by atoms with Crippen molar-refractivity contribution in [2.24, 2.45) is 0 Å². The van der Waals surface area contributed by atoms with Crippen LogP contribution in [0.4, 0.5) is 13.2 Å². The number of Topliss-reactive ketones (excluding diaryl/α,β-unsaturated/α-hetero) is 1. The largest absolute Gasteiger partial charge is 0.459 e. The van der Waals surface area contributed by atoms with Crippen LogP contribution in [0.2, 0.25) is 0 Å². The van der Waals surface area contributed by atoms with Gasteiger partial charge in [-0.15, -0.1) is 0 Å². The molecule has 1 aromatic heterocycles. The molecular formula is C8H7F3O2. The van der Waals surface area contributed by atoms with E-state index < -0.39 is 23.3 Å². The lowest BCUT2D eigenvalue weighted by Gasteiger charge is -2.03. The van der Waals surface area contributed by atoms with Crippen molar-refractivity contribution in [2.45, 2.75) is 19.5 Å². The van der Waals surface area contributed by atoms with Crippen LogP contribution < -0.4 is 0 Å². The molecule has 1 rings (SSSR count). The molecule has 0 bridgehead atoms. The molecule has 1 aromatic rings. The summed E-state index contributed by atoms with van der Waals surface area (Å²) in [4.78, 5) is 11.0. The van der Waals surface area contributed by atoms with Gasteiger partial charge in [-0.05, 0) is 6.07 Å². The van der Waals surface area contributed by atoms with Gasteiger partial charge in [-0.3, -0.25) is 4.79 Å². The Labute approximate surface area is 72.3 Å². The van der Waals surface area contributed by atoms with Gasteiger partial charge in [0.15, 0.2) is 5.78 Å². The van der Waals surface area contributed by atoms with Crippen molar-refractivity contribution in [2.75, 3.05) is 0 Å². The summed E-state index contributed by atoms with van der Waals surface area (Å²) in [7, 11) is 0. The molecule has 0 aromatic carbocycles. The van der Waals surface area contributed by atoms with Gasteiger partial charge in [-0.2, -0.15) is 13.2 Å². The van der Waals surface area contributed by atoms with Crippen molar-refractivity contribution in [3.8, 4) is 0 Å². The molecule has 5 heteroatoms. The second kappa shape index (κ2) is 3.24. The standard InChI is InChI=1S/C8H7F3O2/c1-2-6(12)5-3-4-13-7(5)8(9,10)11/h3-4H,2H2,1H3. The quantitative estimate of drug-likeness (QED) is 0.674. The van der Waals surface area contributed by atoms with Crippen LogP contribution in [0.1, 0.15) is 29.5 Å². The molecule has 13 heavy (non-hydrogen) atoms. The minimum Gasteiger partial charge on any atom is -0.459 e. The predicted octanol–water partition coefficient (Wildman–Crippen LogP) is 2.89. The molecule has 72 valence electrons. The highest BCUT2D eigenvalue weighted by molar-refractivity contribution is 5.96. The monoisotopic (exact) mass is 192 g/mol. The van der Waals surface area contributed by atoms with Crippen molar-refractivity contribution < 1.29 is 22.4 Å². The normalized spacial score (nSPS) is 11.7. The summed E-state index contributed by atoms with van der Waals surface area (Å²) in [5.41, 5.74) is -0.394. The third-order valence-corrected chi connectivity index (χ3v) is 1.54. The van der Waals surface area contributed by atoms with E-state index in [1.165, 1.54) is 6.92 Å². The molecule has 1 heterocycles. The van der Waals surface area contributed by atoms with Crippen LogP contribution >= 0.6 is 0 Å². The molecule has 0 fully saturated rings. The highest BCUT2D eigenvalue weighted by atomic mass is 19.4. The SMILES string of the molecule is CCC(=O)c1ccoc1C(F)(F)F. The van der Waals surface area contributed by atoms with E-state index in [9.17, 15) is 18.0 Å². The summed E-state index contributed by atoms with van der Waals surface area (Å²) < 4.78 is 40.6. The topological polar surface area (TPSA) is 30.2 Å². The van der Waals surface area contributed by atoms with Gasteiger partial charge in [0.2, 0.25) is 5.76 Å². The maximum absolute atomic E-state index is 12.1. The average Bonchev–Trinajstić information content (AvgIpc) is 2.49. The van der Waals surface area contributed by atoms with E-state index in [1.807, 2.05) is 0 Å². The Morgan fingerprint density at radius 1 is 1.54 bits per heavy atom. The first kappa shape index (κ1) is 9.83. The van der Waals surface area contributed by atoms with E-state index >= 15 is 0 Å². The first-order valence-electron chi connectivity index (χ1n) is 3.64. The Kier molecular flexibility index (Phi) is 2.45. The summed E-state index contributed by atoms with van der Waals surface area (Å²) >= 11 is 0. The highest BCUT2D eigenvalue weighted by Gasteiger charge is 2.38. The third-order valence-electron chi connectivity index (χ3n) is 1.54. The van der Waals surface area contributed by atoms with Crippen LogP contribution in [0.25, 0.3) is 0 Å². The van der Waals surface area contributed by atoms with Crippen molar-refractivity contribution in [1.82, 2.24) is 0 Å². The fourth-order valence-electron chi connectivity index (χ4n) is 0.939. The number of hydrogen-bond donors (Lipinski definition) is 0. The molecule has 0 aliphatic rings. The van der Waals surface area contributed by atoms with Gasteiger partial charge in [0.1, 0.15) is 0 Å². The van der Waals surface area contributed by atoms with E-state index in [4.69, 9.17) is 0 Å². The van der Waals surface area contributed by atoms with Crippen molar-refractivity contribution in [3.05, 3.63) is 23.7 Å². The zero-order valence-corrected chi connectivity index (χ0v) is 6.81. The van der Waals surface area contributed by atoms with Crippen LogP contribution in [0, 0.1) is 0 Å². The lowest BCUT2D eigenvalue weighted by Crippen LogP contribution is -2.09. The zero-order valence-electron chi connectivity index (χ0n) is 6.81. The Balaban J connectivity index is 3.10. The van der Waals surface area contributed by atoms with Gasteiger partial charge in [0.05, 0.1) is 11.8 Å². The van der Waals surface area contributed by atoms with Crippen LogP contribution in [0.15, 0.2) is 16.7 Å². The average molecular weight is 192 g/mol. The Morgan fingerprint density at radius 3 is 2.62 bits per heavy atom.